The number of carbonyl (C=O) groups is 1. The molecule has 1 aromatic rings. The summed E-state index contributed by atoms with van der Waals surface area (Å²) in [6, 6.07) is 8.82. The number of carboxylic acid groups (broad SMARTS) is 1. The van der Waals surface area contributed by atoms with Crippen LogP contribution in [-0.2, 0) is 20.6 Å². The van der Waals surface area contributed by atoms with Crippen LogP contribution in [0.1, 0.15) is 38.7 Å². The van der Waals surface area contributed by atoms with Gasteiger partial charge < -0.3 is 5.11 Å². The van der Waals surface area contributed by atoms with Gasteiger partial charge in [-0.2, -0.15) is 0 Å². The van der Waals surface area contributed by atoms with Crippen molar-refractivity contribution < 1.29 is 18.3 Å². The fraction of sp³-hybridized carbons (Fsp3) is 0.533. The van der Waals surface area contributed by atoms with E-state index in [4.69, 9.17) is 5.11 Å². The second-order valence-electron chi connectivity index (χ2n) is 5.43. The first kappa shape index (κ1) is 17.7. The van der Waals surface area contributed by atoms with Crippen molar-refractivity contribution in [2.75, 3.05) is 0 Å². The fourth-order valence-corrected chi connectivity index (χ4v) is 3.50. The van der Waals surface area contributed by atoms with Crippen molar-refractivity contribution in [3.05, 3.63) is 35.9 Å². The third-order valence-corrected chi connectivity index (χ3v) is 4.75. The standard InChI is InChI=1S/C15H23NO4S/c1-12(15(17)18)7-6-8-13(2)16-21(19,20)11-14-9-4-3-5-10-14/h3-5,9-10,12-13,16H,6-8,11H2,1-2H3,(H,17,18). The summed E-state index contributed by atoms with van der Waals surface area (Å²) in [4.78, 5) is 10.7. The van der Waals surface area contributed by atoms with Crippen LogP contribution in [0.15, 0.2) is 30.3 Å². The van der Waals surface area contributed by atoms with Crippen LogP contribution >= 0.6 is 0 Å². The smallest absolute Gasteiger partial charge is 0.306 e. The summed E-state index contributed by atoms with van der Waals surface area (Å²) in [5.74, 6) is -1.24. The molecule has 0 radical (unpaired) electrons. The summed E-state index contributed by atoms with van der Waals surface area (Å²) in [5.41, 5.74) is 0.747. The Bertz CT molecular complexity index is 542. The van der Waals surface area contributed by atoms with Crippen LogP contribution in [0.2, 0.25) is 0 Å². The Morgan fingerprint density at radius 3 is 2.38 bits per heavy atom. The van der Waals surface area contributed by atoms with Gasteiger partial charge in [0.05, 0.1) is 11.7 Å². The number of sulfonamides is 1. The molecule has 0 aliphatic carbocycles. The Morgan fingerprint density at radius 2 is 1.81 bits per heavy atom. The average Bonchev–Trinajstić information content (AvgIpc) is 2.38. The van der Waals surface area contributed by atoms with Crippen molar-refractivity contribution in [2.24, 2.45) is 5.92 Å². The van der Waals surface area contributed by atoms with E-state index in [1.165, 1.54) is 0 Å². The lowest BCUT2D eigenvalue weighted by Gasteiger charge is -2.15. The van der Waals surface area contributed by atoms with E-state index in [0.717, 1.165) is 5.56 Å². The lowest BCUT2D eigenvalue weighted by atomic mass is 10.0. The Hall–Kier alpha value is -1.40. The Balaban J connectivity index is 2.39. The molecule has 0 fully saturated rings. The molecule has 118 valence electrons. The monoisotopic (exact) mass is 313 g/mol. The van der Waals surface area contributed by atoms with E-state index in [0.29, 0.717) is 19.3 Å². The molecule has 0 saturated heterocycles. The topological polar surface area (TPSA) is 83.5 Å². The normalized spacial score (nSPS) is 14.6. The van der Waals surface area contributed by atoms with Crippen molar-refractivity contribution in [1.29, 1.82) is 0 Å². The third kappa shape index (κ3) is 7.24. The first-order chi connectivity index (χ1) is 9.80. The van der Waals surface area contributed by atoms with Crippen molar-refractivity contribution in [3.63, 3.8) is 0 Å². The maximum Gasteiger partial charge on any atom is 0.306 e. The summed E-state index contributed by atoms with van der Waals surface area (Å²) in [6.07, 6.45) is 1.87. The molecule has 0 spiro atoms. The predicted molar refractivity (Wildman–Crippen MR) is 82.3 cm³/mol. The molecule has 2 unspecified atom stereocenters. The first-order valence-electron chi connectivity index (χ1n) is 7.07. The maximum atomic E-state index is 12.0. The Labute approximate surface area is 126 Å². The van der Waals surface area contributed by atoms with Crippen LogP contribution in [0.25, 0.3) is 0 Å². The average molecular weight is 313 g/mol. The van der Waals surface area contributed by atoms with Gasteiger partial charge in [0.1, 0.15) is 0 Å². The molecular weight excluding hydrogens is 290 g/mol. The van der Waals surface area contributed by atoms with Gasteiger partial charge in [0, 0.05) is 6.04 Å². The molecule has 0 aliphatic rings. The second kappa shape index (κ2) is 8.14. The molecule has 2 atom stereocenters. The summed E-state index contributed by atoms with van der Waals surface area (Å²) in [6.45, 7) is 3.46. The zero-order chi connectivity index (χ0) is 15.9. The molecule has 21 heavy (non-hydrogen) atoms. The molecule has 0 aromatic heterocycles. The van der Waals surface area contributed by atoms with Crippen molar-refractivity contribution in [1.82, 2.24) is 4.72 Å². The van der Waals surface area contributed by atoms with Crippen LogP contribution < -0.4 is 4.72 Å². The highest BCUT2D eigenvalue weighted by Crippen LogP contribution is 2.11. The van der Waals surface area contributed by atoms with Crippen molar-refractivity contribution >= 4 is 16.0 Å². The second-order valence-corrected chi connectivity index (χ2v) is 7.19. The molecular formula is C15H23NO4S. The SMILES string of the molecule is CC(CCCC(C)C(=O)O)NS(=O)(=O)Cc1ccccc1. The minimum atomic E-state index is -3.37. The molecule has 0 bridgehead atoms. The minimum absolute atomic E-state index is 0.0380. The third-order valence-electron chi connectivity index (χ3n) is 3.28. The fourth-order valence-electron chi connectivity index (χ4n) is 2.05. The molecule has 2 N–H and O–H groups in total. The molecule has 0 aliphatic heterocycles. The zero-order valence-corrected chi connectivity index (χ0v) is 13.3. The Kier molecular flexibility index (Phi) is 6.84. The zero-order valence-electron chi connectivity index (χ0n) is 12.5. The van der Waals surface area contributed by atoms with E-state index in [9.17, 15) is 13.2 Å². The Morgan fingerprint density at radius 1 is 1.19 bits per heavy atom. The van der Waals surface area contributed by atoms with Crippen molar-refractivity contribution in [2.45, 2.75) is 44.9 Å². The number of carboxylic acids is 1. The minimum Gasteiger partial charge on any atom is -0.481 e. The van der Waals surface area contributed by atoms with Crippen LogP contribution in [0.4, 0.5) is 0 Å². The summed E-state index contributed by atoms with van der Waals surface area (Å²) in [7, 11) is -3.37. The number of hydrogen-bond donors (Lipinski definition) is 2. The van der Waals surface area contributed by atoms with E-state index >= 15 is 0 Å². The van der Waals surface area contributed by atoms with Crippen LogP contribution in [0.3, 0.4) is 0 Å². The van der Waals surface area contributed by atoms with Gasteiger partial charge in [0.25, 0.3) is 0 Å². The molecule has 6 heteroatoms. The van der Waals surface area contributed by atoms with Gasteiger partial charge in [0.15, 0.2) is 0 Å². The quantitative estimate of drug-likeness (QED) is 0.733. The number of hydrogen-bond acceptors (Lipinski definition) is 3. The van der Waals surface area contributed by atoms with Crippen LogP contribution in [-0.4, -0.2) is 25.5 Å². The summed E-state index contributed by atoms with van der Waals surface area (Å²) in [5, 5.41) is 8.79. The van der Waals surface area contributed by atoms with Gasteiger partial charge in [-0.3, -0.25) is 4.79 Å². The molecule has 0 amide bonds. The molecule has 1 rings (SSSR count). The first-order valence-corrected chi connectivity index (χ1v) is 8.72. The lowest BCUT2D eigenvalue weighted by molar-refractivity contribution is -0.141. The van der Waals surface area contributed by atoms with E-state index in [1.807, 2.05) is 18.2 Å². The summed E-state index contributed by atoms with van der Waals surface area (Å²) < 4.78 is 26.7. The van der Waals surface area contributed by atoms with Crippen molar-refractivity contribution in [3.8, 4) is 0 Å². The van der Waals surface area contributed by atoms with Gasteiger partial charge >= 0.3 is 5.97 Å². The molecule has 5 nitrogen and oxygen atoms in total. The van der Waals surface area contributed by atoms with Gasteiger partial charge in [0.2, 0.25) is 10.0 Å². The lowest BCUT2D eigenvalue weighted by Crippen LogP contribution is -2.33. The molecule has 0 heterocycles. The number of aliphatic carboxylic acids is 1. The van der Waals surface area contributed by atoms with Crippen LogP contribution in [0, 0.1) is 5.92 Å². The largest absolute Gasteiger partial charge is 0.481 e. The van der Waals surface area contributed by atoms with E-state index < -0.39 is 21.9 Å². The predicted octanol–water partition coefficient (Wildman–Crippen LogP) is 2.39. The highest BCUT2D eigenvalue weighted by Gasteiger charge is 2.16. The van der Waals surface area contributed by atoms with Gasteiger partial charge in [-0.05, 0) is 25.3 Å². The van der Waals surface area contributed by atoms with Gasteiger partial charge in [-0.25, -0.2) is 13.1 Å². The highest BCUT2D eigenvalue weighted by atomic mass is 32.2. The highest BCUT2D eigenvalue weighted by molar-refractivity contribution is 7.88. The van der Waals surface area contributed by atoms with Gasteiger partial charge in [-0.15, -0.1) is 0 Å². The van der Waals surface area contributed by atoms with Gasteiger partial charge in [-0.1, -0.05) is 43.7 Å². The van der Waals surface area contributed by atoms with E-state index in [2.05, 4.69) is 4.72 Å². The van der Waals surface area contributed by atoms with Crippen LogP contribution in [0.5, 0.6) is 0 Å². The molecule has 1 aromatic carbocycles. The molecule has 0 saturated carbocycles. The van der Waals surface area contributed by atoms with E-state index in [1.54, 1.807) is 26.0 Å². The van der Waals surface area contributed by atoms with E-state index in [-0.39, 0.29) is 11.8 Å². The maximum absolute atomic E-state index is 12.0. The number of benzene rings is 1. The number of rotatable bonds is 9. The number of nitrogens with one attached hydrogen (secondary N) is 1. The summed E-state index contributed by atoms with van der Waals surface area (Å²) >= 11 is 0.